The molecule has 1 saturated heterocycles. The minimum atomic E-state index is -2.24. The first-order valence-electron chi connectivity index (χ1n) is 8.71. The van der Waals surface area contributed by atoms with Crippen molar-refractivity contribution in [2.45, 2.75) is 43.7 Å². The van der Waals surface area contributed by atoms with Gasteiger partial charge in [-0.15, -0.1) is 0 Å². The van der Waals surface area contributed by atoms with Gasteiger partial charge >= 0.3 is 0 Å². The quantitative estimate of drug-likeness (QED) is 0.641. The summed E-state index contributed by atoms with van der Waals surface area (Å²) in [7, 11) is 1.78. The Balaban J connectivity index is 1.42. The molecule has 1 aliphatic heterocycles. The lowest BCUT2D eigenvalue weighted by molar-refractivity contribution is 0.0744. The summed E-state index contributed by atoms with van der Waals surface area (Å²) < 4.78 is 24.8. The van der Waals surface area contributed by atoms with Gasteiger partial charge in [-0.25, -0.2) is 8.78 Å². The zero-order valence-corrected chi connectivity index (χ0v) is 14.1. The number of likely N-dealkylation sites (tertiary alicyclic amines) is 1. The van der Waals surface area contributed by atoms with Crippen LogP contribution in [0.3, 0.4) is 0 Å². The SMILES string of the molecule is CN=C(NC1CCN(CC(F)F)CC1)NC1CC1c1ccccc1. The molecule has 3 rings (SSSR count). The van der Waals surface area contributed by atoms with Crippen molar-refractivity contribution in [3.05, 3.63) is 35.9 Å². The van der Waals surface area contributed by atoms with Crippen LogP contribution in [0.15, 0.2) is 35.3 Å². The monoisotopic (exact) mass is 336 g/mol. The fraction of sp³-hybridized carbons (Fsp3) is 0.611. The van der Waals surface area contributed by atoms with Gasteiger partial charge in [0.15, 0.2) is 5.96 Å². The Labute approximate surface area is 142 Å². The molecule has 2 unspecified atom stereocenters. The van der Waals surface area contributed by atoms with E-state index < -0.39 is 6.43 Å². The van der Waals surface area contributed by atoms with Crippen LogP contribution in [0.5, 0.6) is 0 Å². The molecular formula is C18H26F2N4. The molecule has 2 aliphatic rings. The maximum Gasteiger partial charge on any atom is 0.251 e. The van der Waals surface area contributed by atoms with Crippen molar-refractivity contribution in [2.75, 3.05) is 26.7 Å². The molecule has 0 radical (unpaired) electrons. The molecule has 1 saturated carbocycles. The van der Waals surface area contributed by atoms with Crippen LogP contribution in [-0.4, -0.2) is 56.1 Å². The average Bonchev–Trinajstić information content (AvgIpc) is 3.35. The molecule has 24 heavy (non-hydrogen) atoms. The fourth-order valence-corrected chi connectivity index (χ4v) is 3.42. The van der Waals surface area contributed by atoms with E-state index in [0.717, 1.165) is 38.3 Å². The zero-order chi connectivity index (χ0) is 16.9. The van der Waals surface area contributed by atoms with Crippen molar-refractivity contribution in [1.29, 1.82) is 0 Å². The van der Waals surface area contributed by atoms with Crippen LogP contribution in [0.25, 0.3) is 0 Å². The summed E-state index contributed by atoms with van der Waals surface area (Å²) in [5, 5.41) is 6.93. The number of benzene rings is 1. The first-order chi connectivity index (χ1) is 11.7. The molecule has 132 valence electrons. The highest BCUT2D eigenvalue weighted by Gasteiger charge is 2.39. The number of halogens is 2. The van der Waals surface area contributed by atoms with E-state index in [2.05, 4.69) is 39.9 Å². The molecule has 6 heteroatoms. The molecule has 0 spiro atoms. The molecule has 2 atom stereocenters. The van der Waals surface area contributed by atoms with E-state index in [9.17, 15) is 8.78 Å². The highest BCUT2D eigenvalue weighted by molar-refractivity contribution is 5.80. The zero-order valence-electron chi connectivity index (χ0n) is 14.1. The first-order valence-corrected chi connectivity index (χ1v) is 8.71. The maximum atomic E-state index is 12.4. The molecule has 1 aromatic rings. The van der Waals surface area contributed by atoms with Gasteiger partial charge in [-0.2, -0.15) is 0 Å². The molecule has 2 fully saturated rings. The summed E-state index contributed by atoms with van der Waals surface area (Å²) in [6.07, 6.45) is 0.631. The van der Waals surface area contributed by atoms with Crippen molar-refractivity contribution >= 4 is 5.96 Å². The standard InChI is InChI=1S/C18H26F2N4/c1-21-18(22-14-7-9-24(10-8-14)12-17(19)20)23-16-11-15(16)13-5-3-2-4-6-13/h2-6,14-17H,7-12H2,1H3,(H2,21,22,23). The van der Waals surface area contributed by atoms with Gasteiger partial charge in [-0.1, -0.05) is 30.3 Å². The summed E-state index contributed by atoms with van der Waals surface area (Å²) in [6, 6.07) is 11.3. The molecular weight excluding hydrogens is 310 g/mol. The van der Waals surface area contributed by atoms with Gasteiger partial charge in [0.2, 0.25) is 0 Å². The summed E-state index contributed by atoms with van der Waals surface area (Å²) in [5.41, 5.74) is 1.37. The molecule has 4 nitrogen and oxygen atoms in total. The highest BCUT2D eigenvalue weighted by atomic mass is 19.3. The van der Waals surface area contributed by atoms with Gasteiger partial charge in [0.1, 0.15) is 0 Å². The Hall–Kier alpha value is -1.69. The van der Waals surface area contributed by atoms with E-state index in [4.69, 9.17) is 0 Å². The summed E-state index contributed by atoms with van der Waals surface area (Å²) >= 11 is 0. The Morgan fingerprint density at radius 1 is 1.21 bits per heavy atom. The number of rotatable bonds is 5. The van der Waals surface area contributed by atoms with Crippen LogP contribution in [0.2, 0.25) is 0 Å². The number of nitrogens with one attached hydrogen (secondary N) is 2. The van der Waals surface area contributed by atoms with Crippen LogP contribution in [0.1, 0.15) is 30.7 Å². The Morgan fingerprint density at radius 2 is 1.92 bits per heavy atom. The van der Waals surface area contributed by atoms with E-state index >= 15 is 0 Å². The third-order valence-corrected chi connectivity index (χ3v) is 4.89. The van der Waals surface area contributed by atoms with Gasteiger partial charge < -0.3 is 10.6 Å². The van der Waals surface area contributed by atoms with E-state index in [1.807, 2.05) is 11.0 Å². The van der Waals surface area contributed by atoms with E-state index in [-0.39, 0.29) is 6.54 Å². The van der Waals surface area contributed by atoms with Gasteiger partial charge in [-0.3, -0.25) is 9.89 Å². The lowest BCUT2D eigenvalue weighted by Crippen LogP contribution is -2.49. The van der Waals surface area contributed by atoms with Crippen molar-refractivity contribution in [3.63, 3.8) is 0 Å². The average molecular weight is 336 g/mol. The highest BCUT2D eigenvalue weighted by Crippen LogP contribution is 2.40. The largest absolute Gasteiger partial charge is 0.354 e. The lowest BCUT2D eigenvalue weighted by atomic mass is 10.1. The third kappa shape index (κ3) is 4.66. The minimum Gasteiger partial charge on any atom is -0.354 e. The van der Waals surface area contributed by atoms with Gasteiger partial charge in [0.25, 0.3) is 6.43 Å². The molecule has 0 aromatic heterocycles. The summed E-state index contributed by atoms with van der Waals surface area (Å²) in [4.78, 5) is 6.16. The smallest absolute Gasteiger partial charge is 0.251 e. The molecule has 2 N–H and O–H groups in total. The van der Waals surface area contributed by atoms with Crippen LogP contribution >= 0.6 is 0 Å². The van der Waals surface area contributed by atoms with Crippen molar-refractivity contribution in [2.24, 2.45) is 4.99 Å². The van der Waals surface area contributed by atoms with Gasteiger partial charge in [0.05, 0.1) is 6.54 Å². The normalized spacial score (nSPS) is 25.8. The number of aliphatic imine (C=N–C) groups is 1. The number of nitrogens with zero attached hydrogens (tertiary/aromatic N) is 2. The summed E-state index contributed by atoms with van der Waals surface area (Å²) in [6.45, 7) is 1.32. The molecule has 1 aromatic carbocycles. The second-order valence-electron chi connectivity index (χ2n) is 6.69. The number of piperidine rings is 1. The van der Waals surface area contributed by atoms with Gasteiger partial charge in [-0.05, 0) is 24.8 Å². The Morgan fingerprint density at radius 3 is 2.54 bits per heavy atom. The van der Waals surface area contributed by atoms with Crippen molar-refractivity contribution < 1.29 is 8.78 Å². The van der Waals surface area contributed by atoms with Crippen molar-refractivity contribution in [3.8, 4) is 0 Å². The predicted molar refractivity (Wildman–Crippen MR) is 92.7 cm³/mol. The van der Waals surface area contributed by atoms with Crippen LogP contribution < -0.4 is 10.6 Å². The summed E-state index contributed by atoms with van der Waals surface area (Å²) in [5.74, 6) is 1.38. The van der Waals surface area contributed by atoms with E-state index in [1.165, 1.54) is 5.56 Å². The number of hydrogen-bond acceptors (Lipinski definition) is 2. The van der Waals surface area contributed by atoms with E-state index in [1.54, 1.807) is 7.05 Å². The first kappa shape index (κ1) is 17.1. The minimum absolute atomic E-state index is 0.111. The maximum absolute atomic E-state index is 12.4. The Bertz CT molecular complexity index is 541. The topological polar surface area (TPSA) is 39.7 Å². The van der Waals surface area contributed by atoms with Crippen molar-refractivity contribution in [1.82, 2.24) is 15.5 Å². The molecule has 1 heterocycles. The molecule has 0 amide bonds. The number of guanidine groups is 1. The second kappa shape index (κ2) is 7.92. The predicted octanol–water partition coefficient (Wildman–Crippen LogP) is 2.44. The lowest BCUT2D eigenvalue weighted by Gasteiger charge is -2.32. The second-order valence-corrected chi connectivity index (χ2v) is 6.69. The van der Waals surface area contributed by atoms with Crippen LogP contribution in [0, 0.1) is 0 Å². The third-order valence-electron chi connectivity index (χ3n) is 4.89. The fourth-order valence-electron chi connectivity index (χ4n) is 3.42. The number of alkyl halides is 2. The van der Waals surface area contributed by atoms with Crippen LogP contribution in [0.4, 0.5) is 8.78 Å². The van der Waals surface area contributed by atoms with Gasteiger partial charge in [0, 0.05) is 38.1 Å². The molecule has 1 aliphatic carbocycles. The molecule has 0 bridgehead atoms. The number of hydrogen-bond donors (Lipinski definition) is 2. The Kier molecular flexibility index (Phi) is 5.66. The van der Waals surface area contributed by atoms with E-state index in [0.29, 0.717) is 18.0 Å². The van der Waals surface area contributed by atoms with Crippen LogP contribution in [-0.2, 0) is 0 Å².